The highest BCUT2D eigenvalue weighted by Crippen LogP contribution is 2.33. The van der Waals surface area contributed by atoms with E-state index in [-0.39, 0.29) is 6.04 Å². The number of nitrogens with one attached hydrogen (secondary N) is 1. The van der Waals surface area contributed by atoms with E-state index in [1.54, 1.807) is 12.1 Å². The summed E-state index contributed by atoms with van der Waals surface area (Å²) in [7, 11) is -3.53. The zero-order valence-corrected chi connectivity index (χ0v) is 11.9. The summed E-state index contributed by atoms with van der Waals surface area (Å²) in [6, 6.07) is 12.7. The third kappa shape index (κ3) is 2.57. The molecule has 0 heterocycles. The SMILES string of the molecule is NCC(NS(=O)(=O)c1cccc2ccccc12)C1CC1. The lowest BCUT2D eigenvalue weighted by Gasteiger charge is -2.17. The molecule has 1 atom stereocenters. The minimum Gasteiger partial charge on any atom is -0.329 e. The molecule has 1 aliphatic rings. The molecule has 0 radical (unpaired) electrons. The van der Waals surface area contributed by atoms with Gasteiger partial charge in [-0.25, -0.2) is 13.1 Å². The first-order chi connectivity index (χ1) is 9.62. The van der Waals surface area contributed by atoms with E-state index in [0.717, 1.165) is 23.6 Å². The van der Waals surface area contributed by atoms with Gasteiger partial charge in [0.25, 0.3) is 0 Å². The zero-order valence-electron chi connectivity index (χ0n) is 11.1. The Labute approximate surface area is 119 Å². The van der Waals surface area contributed by atoms with Gasteiger partial charge in [0, 0.05) is 18.0 Å². The average molecular weight is 290 g/mol. The van der Waals surface area contributed by atoms with Gasteiger partial charge in [0.05, 0.1) is 4.90 Å². The Bertz CT molecular complexity index is 718. The summed E-state index contributed by atoms with van der Waals surface area (Å²) >= 11 is 0. The van der Waals surface area contributed by atoms with E-state index in [9.17, 15) is 8.42 Å². The Morgan fingerprint density at radius 2 is 1.85 bits per heavy atom. The number of nitrogens with two attached hydrogens (primary N) is 1. The van der Waals surface area contributed by atoms with Gasteiger partial charge in [-0.3, -0.25) is 0 Å². The van der Waals surface area contributed by atoms with Gasteiger partial charge in [-0.05, 0) is 30.2 Å². The van der Waals surface area contributed by atoms with E-state index in [4.69, 9.17) is 5.73 Å². The summed E-state index contributed by atoms with van der Waals surface area (Å²) in [6.45, 7) is 0.342. The fraction of sp³-hybridized carbons (Fsp3) is 0.333. The molecule has 20 heavy (non-hydrogen) atoms. The molecule has 1 fully saturated rings. The van der Waals surface area contributed by atoms with Crippen LogP contribution in [0, 0.1) is 5.92 Å². The Morgan fingerprint density at radius 1 is 1.15 bits per heavy atom. The molecule has 2 aromatic rings. The number of sulfonamides is 1. The summed E-state index contributed by atoms with van der Waals surface area (Å²) in [4.78, 5) is 0.328. The fourth-order valence-corrected chi connectivity index (χ4v) is 4.08. The lowest BCUT2D eigenvalue weighted by atomic mass is 10.1. The highest BCUT2D eigenvalue weighted by molar-refractivity contribution is 7.89. The smallest absolute Gasteiger partial charge is 0.241 e. The average Bonchev–Trinajstić information content (AvgIpc) is 3.29. The standard InChI is InChI=1S/C15H18N2O2S/c16-10-14(12-8-9-12)17-20(18,19)15-7-3-5-11-4-1-2-6-13(11)15/h1-7,12,14,17H,8-10,16H2. The van der Waals surface area contributed by atoms with E-state index in [2.05, 4.69) is 4.72 Å². The van der Waals surface area contributed by atoms with Crippen molar-refractivity contribution in [1.82, 2.24) is 4.72 Å². The molecule has 1 aliphatic carbocycles. The van der Waals surface area contributed by atoms with E-state index >= 15 is 0 Å². The van der Waals surface area contributed by atoms with Gasteiger partial charge in [-0.1, -0.05) is 36.4 Å². The third-order valence-electron chi connectivity index (χ3n) is 3.79. The van der Waals surface area contributed by atoms with Crippen molar-refractivity contribution < 1.29 is 8.42 Å². The number of hydrogen-bond donors (Lipinski definition) is 2. The van der Waals surface area contributed by atoms with Crippen molar-refractivity contribution in [1.29, 1.82) is 0 Å². The zero-order chi connectivity index (χ0) is 14.2. The van der Waals surface area contributed by atoms with Crippen molar-refractivity contribution in [2.24, 2.45) is 11.7 Å². The largest absolute Gasteiger partial charge is 0.329 e. The van der Waals surface area contributed by atoms with E-state index < -0.39 is 10.0 Å². The number of rotatable bonds is 5. The highest BCUT2D eigenvalue weighted by atomic mass is 32.2. The minimum absolute atomic E-state index is 0.154. The van der Waals surface area contributed by atoms with Gasteiger partial charge in [0.15, 0.2) is 0 Å². The quantitative estimate of drug-likeness (QED) is 0.883. The Morgan fingerprint density at radius 3 is 2.55 bits per heavy atom. The predicted molar refractivity (Wildman–Crippen MR) is 79.8 cm³/mol. The molecule has 3 rings (SSSR count). The van der Waals surface area contributed by atoms with Gasteiger partial charge in [-0.2, -0.15) is 0 Å². The van der Waals surface area contributed by atoms with Crippen LogP contribution in [0.2, 0.25) is 0 Å². The third-order valence-corrected chi connectivity index (χ3v) is 5.34. The lowest BCUT2D eigenvalue weighted by Crippen LogP contribution is -2.41. The van der Waals surface area contributed by atoms with Crippen molar-refractivity contribution in [3.05, 3.63) is 42.5 Å². The molecule has 0 aliphatic heterocycles. The van der Waals surface area contributed by atoms with Crippen LogP contribution in [0.3, 0.4) is 0 Å². The van der Waals surface area contributed by atoms with Gasteiger partial charge >= 0.3 is 0 Å². The molecule has 106 valence electrons. The topological polar surface area (TPSA) is 72.2 Å². The summed E-state index contributed by atoms with van der Waals surface area (Å²) < 4.78 is 27.9. The van der Waals surface area contributed by atoms with Gasteiger partial charge < -0.3 is 5.73 Å². The van der Waals surface area contributed by atoms with Gasteiger partial charge in [0.2, 0.25) is 10.0 Å². The number of hydrogen-bond acceptors (Lipinski definition) is 3. The maximum absolute atomic E-state index is 12.6. The molecule has 0 aromatic heterocycles. The van der Waals surface area contributed by atoms with Crippen LogP contribution in [0.1, 0.15) is 12.8 Å². The van der Waals surface area contributed by atoms with Gasteiger partial charge in [-0.15, -0.1) is 0 Å². The van der Waals surface area contributed by atoms with E-state index in [0.29, 0.717) is 17.4 Å². The first-order valence-corrected chi connectivity index (χ1v) is 8.30. The second kappa shape index (κ2) is 5.16. The van der Waals surface area contributed by atoms with Crippen LogP contribution in [0.25, 0.3) is 10.8 Å². The molecule has 5 heteroatoms. The van der Waals surface area contributed by atoms with Gasteiger partial charge in [0.1, 0.15) is 0 Å². The Hall–Kier alpha value is -1.43. The molecule has 0 bridgehead atoms. The van der Waals surface area contributed by atoms with Crippen LogP contribution >= 0.6 is 0 Å². The molecule has 1 unspecified atom stereocenters. The van der Waals surface area contributed by atoms with Crippen LogP contribution in [0.5, 0.6) is 0 Å². The van der Waals surface area contributed by atoms with Crippen molar-refractivity contribution in [3.63, 3.8) is 0 Å². The first kappa shape index (κ1) is 13.5. The predicted octanol–water partition coefficient (Wildman–Crippen LogP) is 1.86. The lowest BCUT2D eigenvalue weighted by molar-refractivity contribution is 0.520. The molecule has 3 N–H and O–H groups in total. The number of fused-ring (bicyclic) bond motifs is 1. The summed E-state index contributed by atoms with van der Waals surface area (Å²) in [5.41, 5.74) is 5.68. The normalized spacial score (nSPS) is 17.2. The molecule has 0 amide bonds. The second-order valence-electron chi connectivity index (χ2n) is 5.28. The minimum atomic E-state index is -3.53. The summed E-state index contributed by atoms with van der Waals surface area (Å²) in [5, 5.41) is 1.67. The summed E-state index contributed by atoms with van der Waals surface area (Å²) in [5.74, 6) is 0.393. The van der Waals surface area contributed by atoms with Crippen molar-refractivity contribution >= 4 is 20.8 Å². The van der Waals surface area contributed by atoms with Crippen LogP contribution < -0.4 is 10.5 Å². The Kier molecular flexibility index (Phi) is 3.50. The van der Waals surface area contributed by atoms with Crippen molar-refractivity contribution in [2.75, 3.05) is 6.54 Å². The number of benzene rings is 2. The van der Waals surface area contributed by atoms with E-state index in [1.165, 1.54) is 0 Å². The van der Waals surface area contributed by atoms with Crippen molar-refractivity contribution in [2.45, 2.75) is 23.8 Å². The molecular formula is C15H18N2O2S. The second-order valence-corrected chi connectivity index (χ2v) is 6.96. The molecular weight excluding hydrogens is 272 g/mol. The fourth-order valence-electron chi connectivity index (χ4n) is 2.53. The maximum atomic E-state index is 12.6. The summed E-state index contributed by atoms with van der Waals surface area (Å²) in [6.07, 6.45) is 2.11. The molecule has 0 spiro atoms. The molecule has 2 aromatic carbocycles. The first-order valence-electron chi connectivity index (χ1n) is 6.82. The molecule has 4 nitrogen and oxygen atoms in total. The maximum Gasteiger partial charge on any atom is 0.241 e. The van der Waals surface area contributed by atoms with Crippen molar-refractivity contribution in [3.8, 4) is 0 Å². The highest BCUT2D eigenvalue weighted by Gasteiger charge is 2.33. The van der Waals surface area contributed by atoms with Crippen LogP contribution in [-0.2, 0) is 10.0 Å². The van der Waals surface area contributed by atoms with Crippen LogP contribution in [-0.4, -0.2) is 21.0 Å². The van der Waals surface area contributed by atoms with Crippen LogP contribution in [0.4, 0.5) is 0 Å². The van der Waals surface area contributed by atoms with E-state index in [1.807, 2.05) is 30.3 Å². The molecule has 0 saturated heterocycles. The monoisotopic (exact) mass is 290 g/mol. The Balaban J connectivity index is 2.00. The van der Waals surface area contributed by atoms with Crippen LogP contribution in [0.15, 0.2) is 47.4 Å². The molecule has 1 saturated carbocycles.